The van der Waals surface area contributed by atoms with Crippen LogP contribution in [0.5, 0.6) is 0 Å². The first kappa shape index (κ1) is 20.5. The fourth-order valence-corrected chi connectivity index (χ4v) is 4.09. The van der Waals surface area contributed by atoms with Crippen LogP contribution in [0, 0.1) is 0 Å². The quantitative estimate of drug-likeness (QED) is 0.368. The fraction of sp³-hybridized carbons (Fsp3) is 0.115. The van der Waals surface area contributed by atoms with Crippen LogP contribution in [0.2, 0.25) is 0 Å². The molecule has 0 saturated heterocycles. The molecule has 0 saturated carbocycles. The van der Waals surface area contributed by atoms with Crippen LogP contribution in [-0.4, -0.2) is 26.3 Å². The lowest BCUT2D eigenvalue weighted by Gasteiger charge is -2.18. The predicted molar refractivity (Wildman–Crippen MR) is 129 cm³/mol. The van der Waals surface area contributed by atoms with Crippen LogP contribution in [0.15, 0.2) is 85.1 Å². The van der Waals surface area contributed by atoms with E-state index in [2.05, 4.69) is 15.6 Å². The van der Waals surface area contributed by atoms with Gasteiger partial charge < -0.3 is 20.2 Å². The van der Waals surface area contributed by atoms with Crippen molar-refractivity contribution >= 4 is 39.4 Å². The van der Waals surface area contributed by atoms with E-state index in [0.717, 1.165) is 33.2 Å². The molecule has 7 nitrogen and oxygen atoms in total. The third kappa shape index (κ3) is 4.21. The van der Waals surface area contributed by atoms with E-state index in [1.54, 1.807) is 0 Å². The Morgan fingerprint density at radius 3 is 2.55 bits per heavy atom. The number of hydrogen-bond acceptors (Lipinski definition) is 3. The molecule has 164 valence electrons. The lowest BCUT2D eigenvalue weighted by molar-refractivity contribution is -0.122. The van der Waals surface area contributed by atoms with Gasteiger partial charge in [-0.15, -0.1) is 0 Å². The maximum absolute atomic E-state index is 13.1. The van der Waals surface area contributed by atoms with Crippen LogP contribution in [-0.2, 0) is 16.1 Å². The van der Waals surface area contributed by atoms with Gasteiger partial charge in [-0.05, 0) is 35.9 Å². The van der Waals surface area contributed by atoms with Gasteiger partial charge in [0, 0.05) is 18.5 Å². The molecule has 2 aromatic heterocycles. The Hall–Kier alpha value is -4.39. The van der Waals surface area contributed by atoms with Crippen molar-refractivity contribution in [2.45, 2.75) is 19.5 Å². The predicted octanol–water partition coefficient (Wildman–Crippen LogP) is 4.38. The number of aromatic nitrogens is 3. The minimum absolute atomic E-state index is 0.135. The minimum Gasteiger partial charge on any atom is -0.341 e. The molecule has 1 atom stereocenters. The third-order valence-electron chi connectivity index (χ3n) is 5.56. The average Bonchev–Trinajstić information content (AvgIpc) is 3.42. The lowest BCUT2D eigenvalue weighted by atomic mass is 10.1. The van der Waals surface area contributed by atoms with E-state index < -0.39 is 6.04 Å². The Labute approximate surface area is 190 Å². The monoisotopic (exact) mass is 437 g/mol. The van der Waals surface area contributed by atoms with Gasteiger partial charge in [-0.25, -0.2) is 4.98 Å². The van der Waals surface area contributed by atoms with Gasteiger partial charge in [0.2, 0.25) is 11.8 Å². The molecule has 5 rings (SSSR count). The second-order valence-electron chi connectivity index (χ2n) is 7.91. The smallest absolute Gasteiger partial charge is 0.240 e. The number of para-hydroxylation sites is 2. The molecular formula is C26H23N5O2. The summed E-state index contributed by atoms with van der Waals surface area (Å²) in [5, 5.41) is 6.86. The molecule has 33 heavy (non-hydrogen) atoms. The van der Waals surface area contributed by atoms with Crippen molar-refractivity contribution in [2.75, 3.05) is 5.32 Å². The normalized spacial score (nSPS) is 12.0. The Morgan fingerprint density at radius 2 is 1.76 bits per heavy atom. The first-order valence-electron chi connectivity index (χ1n) is 10.7. The third-order valence-corrected chi connectivity index (χ3v) is 5.56. The van der Waals surface area contributed by atoms with Gasteiger partial charge in [-0.2, -0.15) is 0 Å². The molecule has 7 heteroatoms. The van der Waals surface area contributed by atoms with Crippen LogP contribution in [0.3, 0.4) is 0 Å². The number of nitrogens with one attached hydrogen (secondary N) is 3. The molecule has 0 aliphatic carbocycles. The van der Waals surface area contributed by atoms with Gasteiger partial charge in [0.15, 0.2) is 0 Å². The number of benzene rings is 3. The summed E-state index contributed by atoms with van der Waals surface area (Å²) in [6.07, 6.45) is 1.86. The van der Waals surface area contributed by atoms with E-state index in [4.69, 9.17) is 4.98 Å². The zero-order valence-electron chi connectivity index (χ0n) is 18.1. The summed E-state index contributed by atoms with van der Waals surface area (Å²) in [5.74, 6) is 0.400. The SMILES string of the molecule is CC(=O)Nc1cccc2c1ccn2CC(=O)N[C@@H](c1ccccc1)c1nc2ccccc2[nH]1. The maximum Gasteiger partial charge on any atom is 0.240 e. The van der Waals surface area contributed by atoms with Crippen LogP contribution >= 0.6 is 0 Å². The van der Waals surface area contributed by atoms with Crippen LogP contribution in [0.4, 0.5) is 5.69 Å². The van der Waals surface area contributed by atoms with Crippen LogP contribution in [0.25, 0.3) is 21.9 Å². The summed E-state index contributed by atoms with van der Waals surface area (Å²) in [4.78, 5) is 32.7. The Morgan fingerprint density at radius 1 is 0.970 bits per heavy atom. The summed E-state index contributed by atoms with van der Waals surface area (Å²) >= 11 is 0. The van der Waals surface area contributed by atoms with Crippen LogP contribution < -0.4 is 10.6 Å². The summed E-state index contributed by atoms with van der Waals surface area (Å²) in [5.41, 5.74) is 4.31. The molecule has 0 spiro atoms. The molecule has 0 radical (unpaired) electrons. The molecule has 2 amide bonds. The number of H-pyrrole nitrogens is 1. The Kier molecular flexibility index (Phi) is 5.36. The van der Waals surface area contributed by atoms with E-state index in [1.807, 2.05) is 89.6 Å². The Balaban J connectivity index is 1.43. The summed E-state index contributed by atoms with van der Waals surface area (Å²) < 4.78 is 1.87. The maximum atomic E-state index is 13.1. The van der Waals surface area contributed by atoms with Gasteiger partial charge in [-0.1, -0.05) is 48.5 Å². The molecule has 3 N–H and O–H groups in total. The van der Waals surface area contributed by atoms with Crippen molar-refractivity contribution in [2.24, 2.45) is 0 Å². The zero-order valence-corrected chi connectivity index (χ0v) is 18.1. The standard InChI is InChI=1S/C26H23N5O2/c1-17(32)27-20-12-7-13-23-19(20)14-15-31(23)16-24(33)30-25(18-8-3-2-4-9-18)26-28-21-10-5-6-11-22(21)29-26/h2-15,25H,16H2,1H3,(H,27,32)(H,28,29)(H,30,33)/t25-/m0/s1. The molecular weight excluding hydrogens is 414 g/mol. The molecule has 0 unspecified atom stereocenters. The summed E-state index contributed by atoms with van der Waals surface area (Å²) in [6, 6.07) is 24.7. The van der Waals surface area contributed by atoms with Crippen molar-refractivity contribution in [3.63, 3.8) is 0 Å². The highest BCUT2D eigenvalue weighted by molar-refractivity contribution is 6.01. The molecule has 3 aromatic carbocycles. The molecule has 0 bridgehead atoms. The number of hydrogen-bond donors (Lipinski definition) is 3. The van der Waals surface area contributed by atoms with Crippen LogP contribution in [0.1, 0.15) is 24.4 Å². The number of carbonyl (C=O) groups excluding carboxylic acids is 2. The number of aromatic amines is 1. The number of amides is 2. The van der Waals surface area contributed by atoms with Gasteiger partial charge in [0.05, 0.1) is 22.2 Å². The van der Waals surface area contributed by atoms with E-state index in [1.165, 1.54) is 6.92 Å². The minimum atomic E-state index is -0.414. The van der Waals surface area contributed by atoms with Gasteiger partial charge in [0.25, 0.3) is 0 Å². The van der Waals surface area contributed by atoms with Crippen molar-refractivity contribution in [1.82, 2.24) is 19.9 Å². The number of fused-ring (bicyclic) bond motifs is 2. The molecule has 5 aromatic rings. The van der Waals surface area contributed by atoms with E-state index >= 15 is 0 Å². The zero-order chi connectivity index (χ0) is 22.8. The molecule has 0 aliphatic heterocycles. The number of nitrogens with zero attached hydrogens (tertiary/aromatic N) is 2. The van der Waals surface area contributed by atoms with E-state index in [-0.39, 0.29) is 18.4 Å². The average molecular weight is 438 g/mol. The van der Waals surface area contributed by atoms with Crippen molar-refractivity contribution in [3.05, 3.63) is 96.4 Å². The number of imidazole rings is 1. The second kappa shape index (κ2) is 8.63. The molecule has 0 aliphatic rings. The first-order valence-corrected chi connectivity index (χ1v) is 10.7. The number of rotatable bonds is 6. The van der Waals surface area contributed by atoms with E-state index in [9.17, 15) is 9.59 Å². The summed E-state index contributed by atoms with van der Waals surface area (Å²) in [7, 11) is 0. The largest absolute Gasteiger partial charge is 0.341 e. The molecule has 0 fully saturated rings. The number of carbonyl (C=O) groups is 2. The number of anilines is 1. The lowest BCUT2D eigenvalue weighted by Crippen LogP contribution is -2.32. The van der Waals surface area contributed by atoms with E-state index in [0.29, 0.717) is 5.82 Å². The van der Waals surface area contributed by atoms with Gasteiger partial charge in [0.1, 0.15) is 18.4 Å². The fourth-order valence-electron chi connectivity index (χ4n) is 4.09. The summed E-state index contributed by atoms with van der Waals surface area (Å²) in [6.45, 7) is 1.61. The van der Waals surface area contributed by atoms with Gasteiger partial charge in [-0.3, -0.25) is 9.59 Å². The highest BCUT2D eigenvalue weighted by atomic mass is 16.2. The first-order chi connectivity index (χ1) is 16.1. The molecule has 2 heterocycles. The van der Waals surface area contributed by atoms with Crippen molar-refractivity contribution in [3.8, 4) is 0 Å². The van der Waals surface area contributed by atoms with Crippen molar-refractivity contribution < 1.29 is 9.59 Å². The Bertz CT molecular complexity index is 1420. The topological polar surface area (TPSA) is 91.8 Å². The second-order valence-corrected chi connectivity index (χ2v) is 7.91. The highest BCUT2D eigenvalue weighted by Gasteiger charge is 2.21. The highest BCUT2D eigenvalue weighted by Crippen LogP contribution is 2.25. The van der Waals surface area contributed by atoms with Crippen molar-refractivity contribution in [1.29, 1.82) is 0 Å². The van der Waals surface area contributed by atoms with Gasteiger partial charge >= 0.3 is 0 Å².